The van der Waals surface area contributed by atoms with Crippen LogP contribution in [0.25, 0.3) is 5.69 Å². The first-order valence-corrected chi connectivity index (χ1v) is 14.5. The van der Waals surface area contributed by atoms with E-state index in [-0.39, 0.29) is 30.1 Å². The Bertz CT molecular complexity index is 1670. The second kappa shape index (κ2) is 12.6. The van der Waals surface area contributed by atoms with Gasteiger partial charge in [-0.05, 0) is 73.9 Å². The Morgan fingerprint density at radius 2 is 1.91 bits per heavy atom. The Balaban J connectivity index is 1.50. The number of carbonyl (C=O) groups is 1. The molecule has 11 heteroatoms. The van der Waals surface area contributed by atoms with Gasteiger partial charge in [0.1, 0.15) is 5.75 Å². The van der Waals surface area contributed by atoms with Crippen LogP contribution in [-0.2, 0) is 11.2 Å². The Labute approximate surface area is 255 Å². The number of pyridine rings is 1. The average Bonchev–Trinajstić information content (AvgIpc) is 3.50. The van der Waals surface area contributed by atoms with E-state index < -0.39 is 4.92 Å². The zero-order valence-electron chi connectivity index (χ0n) is 24.5. The molecule has 2 aromatic heterocycles. The van der Waals surface area contributed by atoms with Crippen LogP contribution >= 0.6 is 12.2 Å². The van der Waals surface area contributed by atoms with Crippen molar-refractivity contribution in [3.63, 3.8) is 0 Å². The molecule has 43 heavy (non-hydrogen) atoms. The third-order valence-corrected chi connectivity index (χ3v) is 8.21. The van der Waals surface area contributed by atoms with Crippen LogP contribution in [0.3, 0.4) is 0 Å². The summed E-state index contributed by atoms with van der Waals surface area (Å²) in [5.74, 6) is 0.301. The molecule has 222 valence electrons. The predicted molar refractivity (Wildman–Crippen MR) is 170 cm³/mol. The number of anilines is 1. The number of carbonyl (C=O) groups excluding carboxylic acids is 1. The number of rotatable bonds is 10. The number of hydrogen-bond acceptors (Lipinski definition) is 6. The molecule has 1 amide bonds. The Morgan fingerprint density at radius 3 is 2.60 bits per heavy atom. The van der Waals surface area contributed by atoms with Gasteiger partial charge in [-0.1, -0.05) is 31.2 Å². The van der Waals surface area contributed by atoms with E-state index in [4.69, 9.17) is 17.0 Å². The number of hydrogen-bond donors (Lipinski definition) is 2. The number of thiocarbonyl (C=S) groups is 1. The summed E-state index contributed by atoms with van der Waals surface area (Å²) >= 11 is 5.84. The van der Waals surface area contributed by atoms with Gasteiger partial charge in [-0.2, -0.15) is 0 Å². The number of nitro benzene ring substituents is 1. The van der Waals surface area contributed by atoms with Crippen molar-refractivity contribution in [3.05, 3.63) is 111 Å². The maximum Gasteiger partial charge on any atom is 0.273 e. The minimum atomic E-state index is -0.440. The van der Waals surface area contributed by atoms with Gasteiger partial charge in [0, 0.05) is 42.3 Å². The van der Waals surface area contributed by atoms with Gasteiger partial charge in [0.25, 0.3) is 5.69 Å². The second-order valence-corrected chi connectivity index (χ2v) is 10.8. The number of nitro groups is 1. The number of non-ortho nitro benzene ring substituents is 1. The Hall–Kier alpha value is -4.77. The third-order valence-electron chi connectivity index (χ3n) is 7.85. The van der Waals surface area contributed by atoms with Crippen LogP contribution in [0.1, 0.15) is 53.6 Å². The summed E-state index contributed by atoms with van der Waals surface area (Å²) in [6.45, 7) is 6.44. The molecule has 5 rings (SSSR count). The maximum absolute atomic E-state index is 13.1. The lowest BCUT2D eigenvalue weighted by atomic mass is 9.96. The standard InChI is InChI=1S/C32H34N6O4S/c1-5-22-10-6-7-11-25(22)34-29(39)15-17-36-31(30(35-32(36)43)26-12-8-9-16-33-26)24-18-20(2)37(21(24)3)27-14-13-23(38(40)41)19-28(27)42-4/h6-14,16,18-19,30-31H,5,15,17H2,1-4H3,(H,34,39)(H,35,43)/t30-,31-/m1/s1. The van der Waals surface area contributed by atoms with Crippen molar-refractivity contribution >= 4 is 34.6 Å². The van der Waals surface area contributed by atoms with Crippen LogP contribution in [0, 0.1) is 24.0 Å². The van der Waals surface area contributed by atoms with Gasteiger partial charge in [-0.15, -0.1) is 0 Å². The molecule has 0 spiro atoms. The molecule has 1 fully saturated rings. The fourth-order valence-electron chi connectivity index (χ4n) is 5.79. The summed E-state index contributed by atoms with van der Waals surface area (Å²) in [5.41, 5.74) is 6.22. The summed E-state index contributed by atoms with van der Waals surface area (Å²) in [6, 6.07) is 19.8. The topological polar surface area (TPSA) is 115 Å². The molecule has 2 N–H and O–H groups in total. The SMILES string of the molecule is CCc1ccccc1NC(=O)CCN1C(=S)N[C@H](c2ccccn2)[C@H]1c1cc(C)n(-c2ccc([N+](=O)[O-])cc2OC)c1C. The first-order chi connectivity index (χ1) is 20.7. The van der Waals surface area contributed by atoms with Crippen LogP contribution < -0.4 is 15.4 Å². The fourth-order valence-corrected chi connectivity index (χ4v) is 6.12. The van der Waals surface area contributed by atoms with Gasteiger partial charge in [-0.3, -0.25) is 19.9 Å². The lowest BCUT2D eigenvalue weighted by Crippen LogP contribution is -2.33. The highest BCUT2D eigenvalue weighted by molar-refractivity contribution is 7.80. The Morgan fingerprint density at radius 1 is 1.14 bits per heavy atom. The molecule has 0 radical (unpaired) electrons. The van der Waals surface area contributed by atoms with E-state index in [9.17, 15) is 14.9 Å². The van der Waals surface area contributed by atoms with E-state index in [2.05, 4.69) is 33.5 Å². The van der Waals surface area contributed by atoms with Crippen molar-refractivity contribution in [2.24, 2.45) is 0 Å². The molecule has 2 atom stereocenters. The molecule has 1 aliphatic heterocycles. The molecule has 2 aromatic carbocycles. The van der Waals surface area contributed by atoms with Crippen LogP contribution in [0.15, 0.2) is 72.9 Å². The average molecular weight is 599 g/mol. The normalized spacial score (nSPS) is 16.2. The summed E-state index contributed by atoms with van der Waals surface area (Å²) in [4.78, 5) is 30.8. The minimum absolute atomic E-state index is 0.0464. The molecule has 0 unspecified atom stereocenters. The van der Waals surface area contributed by atoms with Gasteiger partial charge in [-0.25, -0.2) is 0 Å². The summed E-state index contributed by atoms with van der Waals surface area (Å²) < 4.78 is 7.60. The highest BCUT2D eigenvalue weighted by Crippen LogP contribution is 2.42. The molecule has 0 bridgehead atoms. The first kappa shape index (κ1) is 29.7. The largest absolute Gasteiger partial charge is 0.494 e. The molecule has 1 saturated heterocycles. The highest BCUT2D eigenvalue weighted by Gasteiger charge is 2.41. The monoisotopic (exact) mass is 598 g/mol. The molecule has 4 aromatic rings. The van der Waals surface area contributed by atoms with E-state index in [1.807, 2.05) is 60.9 Å². The van der Waals surface area contributed by atoms with Crippen molar-refractivity contribution < 1.29 is 14.5 Å². The van der Waals surface area contributed by atoms with E-state index in [1.165, 1.54) is 19.2 Å². The van der Waals surface area contributed by atoms with E-state index in [0.29, 0.717) is 23.1 Å². The van der Waals surface area contributed by atoms with Gasteiger partial charge in [0.15, 0.2) is 5.11 Å². The molecular formula is C32H34N6O4S. The van der Waals surface area contributed by atoms with Crippen molar-refractivity contribution in [3.8, 4) is 11.4 Å². The fraction of sp³-hybridized carbons (Fsp3) is 0.281. The quantitative estimate of drug-likeness (QED) is 0.130. The summed E-state index contributed by atoms with van der Waals surface area (Å²) in [6.07, 6.45) is 2.81. The predicted octanol–water partition coefficient (Wildman–Crippen LogP) is 5.97. The van der Waals surface area contributed by atoms with Gasteiger partial charge in [0.05, 0.1) is 41.6 Å². The second-order valence-electron chi connectivity index (χ2n) is 10.4. The summed E-state index contributed by atoms with van der Waals surface area (Å²) in [7, 11) is 1.50. The molecule has 0 aliphatic carbocycles. The van der Waals surface area contributed by atoms with Crippen LogP contribution in [-0.4, -0.2) is 44.0 Å². The molecule has 0 saturated carbocycles. The zero-order chi connectivity index (χ0) is 30.7. The van der Waals surface area contributed by atoms with Crippen molar-refractivity contribution in [1.82, 2.24) is 19.8 Å². The van der Waals surface area contributed by atoms with Gasteiger partial charge >= 0.3 is 0 Å². The lowest BCUT2D eigenvalue weighted by Gasteiger charge is -2.28. The van der Waals surface area contributed by atoms with Gasteiger partial charge < -0.3 is 24.8 Å². The Kier molecular flexibility index (Phi) is 8.72. The van der Waals surface area contributed by atoms with Crippen LogP contribution in [0.5, 0.6) is 5.75 Å². The van der Waals surface area contributed by atoms with Crippen LogP contribution in [0.2, 0.25) is 0 Å². The number of ether oxygens (including phenoxy) is 1. The highest BCUT2D eigenvalue weighted by atomic mass is 32.1. The van der Waals surface area contributed by atoms with E-state index >= 15 is 0 Å². The van der Waals surface area contributed by atoms with Crippen LogP contribution in [0.4, 0.5) is 11.4 Å². The number of aromatic nitrogens is 2. The minimum Gasteiger partial charge on any atom is -0.494 e. The smallest absolute Gasteiger partial charge is 0.273 e. The first-order valence-electron chi connectivity index (χ1n) is 14.1. The van der Waals surface area contributed by atoms with E-state index in [0.717, 1.165) is 40.3 Å². The molecule has 3 heterocycles. The third kappa shape index (κ3) is 5.94. The molecule has 10 nitrogen and oxygen atoms in total. The number of methoxy groups -OCH3 is 1. The zero-order valence-corrected chi connectivity index (χ0v) is 25.4. The van der Waals surface area contributed by atoms with E-state index in [1.54, 1.807) is 12.3 Å². The maximum atomic E-state index is 13.1. The van der Waals surface area contributed by atoms with Crippen molar-refractivity contribution in [2.75, 3.05) is 19.0 Å². The molecule has 1 aliphatic rings. The van der Waals surface area contributed by atoms with Crippen molar-refractivity contribution in [1.29, 1.82) is 0 Å². The number of amides is 1. The lowest BCUT2D eigenvalue weighted by molar-refractivity contribution is -0.384. The number of nitrogens with zero attached hydrogens (tertiary/aromatic N) is 4. The van der Waals surface area contributed by atoms with Crippen molar-refractivity contribution in [2.45, 2.75) is 45.7 Å². The van der Waals surface area contributed by atoms with Gasteiger partial charge in [0.2, 0.25) is 5.91 Å². The number of benzene rings is 2. The number of nitrogens with one attached hydrogen (secondary N) is 2. The number of aryl methyl sites for hydroxylation is 2. The summed E-state index contributed by atoms with van der Waals surface area (Å²) in [5, 5.41) is 18.5. The number of para-hydroxylation sites is 1. The molecular weight excluding hydrogens is 564 g/mol.